The Labute approximate surface area is 294 Å². The van der Waals surface area contributed by atoms with E-state index >= 15 is 0 Å². The maximum absolute atomic E-state index is 9.75. The summed E-state index contributed by atoms with van der Waals surface area (Å²) in [6.07, 6.45) is 11.8. The van der Waals surface area contributed by atoms with Crippen molar-refractivity contribution in [3.05, 3.63) is 64.7 Å². The first-order valence-corrected chi connectivity index (χ1v) is 17.0. The molecule has 2 aromatic heterocycles. The molecule has 1 aromatic carbocycles. The van der Waals surface area contributed by atoms with Crippen LogP contribution in [-0.2, 0) is 27.8 Å². The number of rotatable bonds is 22. The lowest BCUT2D eigenvalue weighted by molar-refractivity contribution is -0.671. The van der Waals surface area contributed by atoms with Gasteiger partial charge >= 0.3 is 0 Å². The minimum absolute atomic E-state index is 0.486. The number of ether oxygens (including phenoxy) is 4. The highest BCUT2D eigenvalue weighted by molar-refractivity contribution is 7.17. The number of nitrogens with zero attached hydrogens (tertiary/aromatic N) is 8. The lowest BCUT2D eigenvalue weighted by Gasteiger charge is -2.29. The van der Waals surface area contributed by atoms with Gasteiger partial charge in [-0.1, -0.05) is 6.08 Å². The maximum atomic E-state index is 9.75. The Morgan fingerprint density at radius 1 is 1.02 bits per heavy atom. The number of allylic oxidation sites excluding steroid dienone is 1. The number of thiophene rings is 1. The Morgan fingerprint density at radius 3 is 2.33 bits per heavy atom. The number of hydrogen-bond acceptors (Lipinski definition) is 11. The number of methoxy groups -OCH3 is 1. The zero-order valence-electron chi connectivity index (χ0n) is 29.8. The number of nitriles is 2. The van der Waals surface area contributed by atoms with Crippen molar-refractivity contribution in [1.82, 2.24) is 9.47 Å². The van der Waals surface area contributed by atoms with E-state index < -0.39 is 0 Å². The van der Waals surface area contributed by atoms with E-state index in [0.717, 1.165) is 23.5 Å². The number of aliphatic imine (C=N–C) groups is 1. The standard InChI is InChI=1S/C35H50N9O4S/c1-8-9-42(26-38-4)12-16-46-18-14-44(15-19-48-21-20-47-17-13-43-11-10-40(5)27-43)32-22-28(2)31(23-33(32)45-7)39-41(6)35-30(24-36)29(3)34(25-37)49-35/h8-11,22-23,26-27,39H,12-21H2,1-7H3/q+1/b9-8-,38-26+. The molecular formula is C35H50N9O4S+. The van der Waals surface area contributed by atoms with Gasteiger partial charge in [-0.3, -0.25) is 15.4 Å². The molecule has 49 heavy (non-hydrogen) atoms. The Kier molecular flexibility index (Phi) is 16.4. The molecule has 3 rings (SSSR count). The summed E-state index contributed by atoms with van der Waals surface area (Å²) in [6, 6.07) is 8.46. The maximum Gasteiger partial charge on any atom is 0.243 e. The van der Waals surface area contributed by atoms with Crippen molar-refractivity contribution in [3.63, 3.8) is 0 Å². The van der Waals surface area contributed by atoms with Crippen LogP contribution in [0, 0.1) is 36.5 Å². The minimum Gasteiger partial charge on any atom is -0.495 e. The lowest BCUT2D eigenvalue weighted by atomic mass is 10.1. The molecule has 2 heterocycles. The zero-order chi connectivity index (χ0) is 35.6. The van der Waals surface area contributed by atoms with Crippen molar-refractivity contribution in [1.29, 1.82) is 10.5 Å². The smallest absolute Gasteiger partial charge is 0.243 e. The van der Waals surface area contributed by atoms with E-state index in [1.807, 2.05) is 74.5 Å². The van der Waals surface area contributed by atoms with Crippen LogP contribution in [0.2, 0.25) is 0 Å². The molecule has 14 heteroatoms. The monoisotopic (exact) mass is 692 g/mol. The van der Waals surface area contributed by atoms with Gasteiger partial charge in [0.25, 0.3) is 0 Å². The fraction of sp³-hybridized carbons (Fsp3) is 0.486. The van der Waals surface area contributed by atoms with Crippen molar-refractivity contribution in [2.75, 3.05) is 95.8 Å². The molecule has 0 radical (unpaired) electrons. The average molecular weight is 693 g/mol. The first kappa shape index (κ1) is 38.8. The quantitative estimate of drug-likeness (QED) is 0.0537. The first-order valence-electron chi connectivity index (χ1n) is 16.2. The highest BCUT2D eigenvalue weighted by Gasteiger charge is 2.20. The van der Waals surface area contributed by atoms with E-state index in [4.69, 9.17) is 18.9 Å². The van der Waals surface area contributed by atoms with Gasteiger partial charge in [-0.05, 0) is 38.0 Å². The number of aromatic nitrogens is 2. The Morgan fingerprint density at radius 2 is 1.71 bits per heavy atom. The number of aryl methyl sites for hydroxylation is 2. The molecule has 0 aliphatic carbocycles. The SMILES string of the molecule is C/C=C\N(/C=N/C)CCOCCN(CCOCCOCCn1cc[n+](C)c1)c1cc(C)c(NN(C)c2sc(C#N)c(C)c2C#N)cc1OC. The molecular weight excluding hydrogens is 643 g/mol. The van der Waals surface area contributed by atoms with Gasteiger partial charge in [0.05, 0.1) is 77.1 Å². The van der Waals surface area contributed by atoms with Gasteiger partial charge in [-0.25, -0.2) is 9.13 Å². The first-order chi connectivity index (χ1) is 23.8. The van der Waals surface area contributed by atoms with E-state index in [9.17, 15) is 10.5 Å². The predicted octanol–water partition coefficient (Wildman–Crippen LogP) is 4.26. The van der Waals surface area contributed by atoms with Crippen molar-refractivity contribution in [2.24, 2.45) is 12.0 Å². The highest BCUT2D eigenvalue weighted by atomic mass is 32.1. The molecule has 0 bridgehead atoms. The fourth-order valence-corrected chi connectivity index (χ4v) is 6.00. The lowest BCUT2D eigenvalue weighted by Crippen LogP contribution is -2.32. The second-order valence-electron chi connectivity index (χ2n) is 11.2. The summed E-state index contributed by atoms with van der Waals surface area (Å²) in [5.74, 6) is 0.683. The van der Waals surface area contributed by atoms with E-state index in [-0.39, 0.29) is 0 Å². The molecule has 0 spiro atoms. The number of hydrazine groups is 1. The fourth-order valence-electron chi connectivity index (χ4n) is 5.02. The molecule has 0 atom stereocenters. The number of anilines is 3. The third-order valence-electron chi connectivity index (χ3n) is 7.60. The van der Waals surface area contributed by atoms with Crippen LogP contribution in [0.3, 0.4) is 0 Å². The Balaban J connectivity index is 1.66. The number of benzene rings is 1. The van der Waals surface area contributed by atoms with Gasteiger partial charge in [-0.15, -0.1) is 11.3 Å². The van der Waals surface area contributed by atoms with Crippen LogP contribution in [0.15, 0.2) is 48.1 Å². The second-order valence-corrected chi connectivity index (χ2v) is 12.2. The molecule has 0 saturated carbocycles. The van der Waals surface area contributed by atoms with Crippen molar-refractivity contribution in [3.8, 4) is 17.9 Å². The molecule has 3 aromatic rings. The van der Waals surface area contributed by atoms with Crippen molar-refractivity contribution in [2.45, 2.75) is 27.3 Å². The van der Waals surface area contributed by atoms with Crippen LogP contribution in [-0.4, -0.2) is 96.3 Å². The van der Waals surface area contributed by atoms with Gasteiger partial charge in [-0.2, -0.15) is 10.5 Å². The topological polar surface area (TPSA) is 127 Å². The summed E-state index contributed by atoms with van der Waals surface area (Å²) in [6.45, 7) is 11.7. The molecule has 13 nitrogen and oxygen atoms in total. The van der Waals surface area contributed by atoms with E-state index in [1.54, 1.807) is 32.4 Å². The Bertz CT molecular complexity index is 1590. The van der Waals surface area contributed by atoms with Crippen LogP contribution in [0.25, 0.3) is 0 Å². The summed E-state index contributed by atoms with van der Waals surface area (Å²) < 4.78 is 27.8. The second kappa shape index (κ2) is 20.7. The molecule has 1 N–H and O–H groups in total. The number of nitrogens with one attached hydrogen (secondary N) is 1. The predicted molar refractivity (Wildman–Crippen MR) is 194 cm³/mol. The third-order valence-corrected chi connectivity index (χ3v) is 8.87. The Hall–Kier alpha value is -4.60. The zero-order valence-corrected chi connectivity index (χ0v) is 30.6. The van der Waals surface area contributed by atoms with Crippen LogP contribution in [0.5, 0.6) is 5.75 Å². The average Bonchev–Trinajstić information content (AvgIpc) is 3.66. The largest absolute Gasteiger partial charge is 0.495 e. The minimum atomic E-state index is 0.486. The summed E-state index contributed by atoms with van der Waals surface area (Å²) in [4.78, 5) is 8.82. The molecule has 0 saturated heterocycles. The summed E-state index contributed by atoms with van der Waals surface area (Å²) in [5.41, 5.74) is 7.27. The summed E-state index contributed by atoms with van der Waals surface area (Å²) >= 11 is 1.29. The number of imidazole rings is 1. The summed E-state index contributed by atoms with van der Waals surface area (Å²) in [5, 5.41) is 21.7. The normalized spacial score (nSPS) is 11.2. The number of hydrogen-bond donors (Lipinski definition) is 1. The van der Waals surface area contributed by atoms with Crippen LogP contribution >= 0.6 is 11.3 Å². The van der Waals surface area contributed by atoms with Gasteiger partial charge in [0.2, 0.25) is 6.33 Å². The van der Waals surface area contributed by atoms with Crippen molar-refractivity contribution < 1.29 is 23.5 Å². The molecule has 264 valence electrons. The van der Waals surface area contributed by atoms with Gasteiger partial charge in [0.15, 0.2) is 0 Å². The van der Waals surface area contributed by atoms with E-state index in [1.165, 1.54) is 11.3 Å². The van der Waals surface area contributed by atoms with Crippen LogP contribution in [0.1, 0.15) is 28.5 Å². The highest BCUT2D eigenvalue weighted by Crippen LogP contribution is 2.37. The van der Waals surface area contributed by atoms with Gasteiger partial charge in [0.1, 0.15) is 46.7 Å². The van der Waals surface area contributed by atoms with E-state index in [0.29, 0.717) is 86.0 Å². The van der Waals surface area contributed by atoms with E-state index in [2.05, 4.69) is 38.1 Å². The van der Waals surface area contributed by atoms with Crippen LogP contribution in [0.4, 0.5) is 16.4 Å². The third kappa shape index (κ3) is 11.8. The van der Waals surface area contributed by atoms with Gasteiger partial charge in [0, 0.05) is 46.0 Å². The molecule has 0 amide bonds. The summed E-state index contributed by atoms with van der Waals surface area (Å²) in [7, 11) is 7.23. The molecule has 0 fully saturated rings. The van der Waals surface area contributed by atoms with Crippen LogP contribution < -0.4 is 24.6 Å². The van der Waals surface area contributed by atoms with Gasteiger partial charge < -0.3 is 28.7 Å². The molecule has 0 unspecified atom stereocenters. The van der Waals surface area contributed by atoms with Crippen molar-refractivity contribution >= 4 is 34.1 Å². The molecule has 0 aliphatic heterocycles. The molecule has 0 aliphatic rings.